The molecule has 0 unspecified atom stereocenters. The van der Waals surface area contributed by atoms with Crippen molar-refractivity contribution >= 4 is 12.2 Å². The van der Waals surface area contributed by atoms with E-state index in [1.807, 2.05) is 65.0 Å². The molecule has 0 heterocycles. The minimum absolute atomic E-state index is 0.456. The third-order valence-corrected chi connectivity index (χ3v) is 2.94. The first-order valence-corrected chi connectivity index (χ1v) is 7.01. The maximum atomic E-state index is 10.5. The molecule has 0 fully saturated rings. The number of aliphatic imine (C=N–C) groups is 2. The Bertz CT molecular complexity index is 513. The average molecular weight is 288 g/mol. The van der Waals surface area contributed by atoms with Gasteiger partial charge in [-0.1, -0.05) is 37.3 Å². The lowest BCUT2D eigenvalue weighted by Gasteiger charge is -2.19. The lowest BCUT2D eigenvalue weighted by molar-refractivity contribution is 0.508. The summed E-state index contributed by atoms with van der Waals surface area (Å²) >= 11 is 0. The Labute approximate surface area is 127 Å². The van der Waals surface area contributed by atoms with Gasteiger partial charge in [0, 0.05) is 0 Å². The van der Waals surface area contributed by atoms with E-state index in [1.165, 1.54) is 0 Å². The van der Waals surface area contributed by atoms with E-state index < -0.39 is 11.1 Å². The van der Waals surface area contributed by atoms with E-state index in [0.717, 1.165) is 12.0 Å². The number of isocyanates is 2. The van der Waals surface area contributed by atoms with Gasteiger partial charge in [0.1, 0.15) is 0 Å². The van der Waals surface area contributed by atoms with Crippen LogP contribution in [0.3, 0.4) is 0 Å². The van der Waals surface area contributed by atoms with E-state index in [-0.39, 0.29) is 0 Å². The van der Waals surface area contributed by atoms with E-state index in [9.17, 15) is 9.59 Å². The zero-order valence-corrected chi connectivity index (χ0v) is 13.5. The third kappa shape index (κ3) is 7.98. The number of rotatable bonds is 8. The first-order valence-electron chi connectivity index (χ1n) is 7.01. The minimum atomic E-state index is -0.617. The van der Waals surface area contributed by atoms with E-state index >= 15 is 0 Å². The van der Waals surface area contributed by atoms with Crippen LogP contribution < -0.4 is 0 Å². The second kappa shape index (κ2) is 9.02. The monoisotopic (exact) mass is 288 g/mol. The van der Waals surface area contributed by atoms with Crippen molar-refractivity contribution < 1.29 is 9.59 Å². The Morgan fingerprint density at radius 3 is 2.19 bits per heavy atom. The predicted octanol–water partition coefficient (Wildman–Crippen LogP) is 4.05. The smallest absolute Gasteiger partial charge is 0.211 e. The Morgan fingerprint density at radius 2 is 1.67 bits per heavy atom. The highest BCUT2D eigenvalue weighted by Crippen LogP contribution is 2.22. The Kier molecular flexibility index (Phi) is 8.15. The van der Waals surface area contributed by atoms with Gasteiger partial charge in [-0.3, -0.25) is 0 Å². The van der Waals surface area contributed by atoms with Crippen molar-refractivity contribution in [2.24, 2.45) is 9.98 Å². The van der Waals surface area contributed by atoms with Crippen molar-refractivity contribution in [1.82, 2.24) is 0 Å². The number of hydrogen-bond acceptors (Lipinski definition) is 4. The van der Waals surface area contributed by atoms with Crippen LogP contribution in [0.1, 0.15) is 47.5 Å². The molecule has 0 atom stereocenters. The first-order chi connectivity index (χ1) is 9.79. The number of allylic oxidation sites excluding steroid dienone is 3. The van der Waals surface area contributed by atoms with Gasteiger partial charge in [0.05, 0.1) is 11.1 Å². The maximum absolute atomic E-state index is 10.5. The predicted molar refractivity (Wildman–Crippen MR) is 85.7 cm³/mol. The van der Waals surface area contributed by atoms with Crippen LogP contribution in [0.2, 0.25) is 0 Å². The quantitative estimate of drug-likeness (QED) is 0.384. The summed E-state index contributed by atoms with van der Waals surface area (Å²) in [5.41, 5.74) is -0.156. The molecule has 0 bridgehead atoms. The molecular weight excluding hydrogens is 264 g/mol. The lowest BCUT2D eigenvalue weighted by atomic mass is 9.93. The summed E-state index contributed by atoms with van der Waals surface area (Å²) in [4.78, 5) is 28.4. The average Bonchev–Trinajstić information content (AvgIpc) is 2.37. The van der Waals surface area contributed by atoms with Gasteiger partial charge in [-0.25, -0.2) is 9.59 Å². The first kappa shape index (κ1) is 19.0. The number of hydrogen-bond donors (Lipinski definition) is 0. The van der Waals surface area contributed by atoms with Gasteiger partial charge in [0.15, 0.2) is 0 Å². The largest absolute Gasteiger partial charge is 0.235 e. The summed E-state index contributed by atoms with van der Waals surface area (Å²) in [6.07, 6.45) is 14.4. The molecule has 0 aromatic rings. The maximum Gasteiger partial charge on any atom is 0.235 e. The fourth-order valence-electron chi connectivity index (χ4n) is 1.58. The van der Waals surface area contributed by atoms with Gasteiger partial charge in [-0.05, 0) is 46.1 Å². The minimum Gasteiger partial charge on any atom is -0.211 e. The zero-order valence-electron chi connectivity index (χ0n) is 13.5. The second-order valence-corrected chi connectivity index (χ2v) is 5.84. The van der Waals surface area contributed by atoms with Crippen molar-refractivity contribution in [3.8, 4) is 0 Å². The SMILES string of the molecule is CC\C=C/C(=C\C=C/CC(C)(C)N=C=O)C(C)(C)N=C=O. The Hall–Kier alpha value is -2.02. The molecule has 0 aromatic heterocycles. The second-order valence-electron chi connectivity index (χ2n) is 5.84. The van der Waals surface area contributed by atoms with Crippen LogP contribution in [0.25, 0.3) is 0 Å². The molecule has 21 heavy (non-hydrogen) atoms. The Balaban J connectivity index is 5.15. The van der Waals surface area contributed by atoms with Crippen molar-refractivity contribution in [2.45, 2.75) is 58.5 Å². The molecule has 0 amide bonds. The summed E-state index contributed by atoms with van der Waals surface area (Å²) in [6.45, 7) is 9.49. The molecule has 0 radical (unpaired) electrons. The molecule has 0 rings (SSSR count). The zero-order chi connectivity index (χ0) is 16.4. The highest BCUT2D eigenvalue weighted by Gasteiger charge is 2.19. The molecule has 0 spiro atoms. The molecule has 4 heteroatoms. The highest BCUT2D eigenvalue weighted by atomic mass is 16.1. The molecule has 114 valence electrons. The van der Waals surface area contributed by atoms with Crippen molar-refractivity contribution in [3.05, 3.63) is 36.0 Å². The number of nitrogens with zero attached hydrogens (tertiary/aromatic N) is 2. The fraction of sp³-hybridized carbons (Fsp3) is 0.529. The van der Waals surface area contributed by atoms with E-state index in [1.54, 1.807) is 12.2 Å². The fourth-order valence-corrected chi connectivity index (χ4v) is 1.58. The van der Waals surface area contributed by atoms with Crippen LogP contribution in [0, 0.1) is 0 Å². The molecule has 0 N–H and O–H groups in total. The van der Waals surface area contributed by atoms with Crippen LogP contribution in [0.15, 0.2) is 45.9 Å². The van der Waals surface area contributed by atoms with Crippen molar-refractivity contribution in [1.29, 1.82) is 0 Å². The third-order valence-electron chi connectivity index (χ3n) is 2.94. The lowest BCUT2D eigenvalue weighted by Crippen LogP contribution is -2.18. The normalized spacial score (nSPS) is 13.3. The highest BCUT2D eigenvalue weighted by molar-refractivity contribution is 5.41. The van der Waals surface area contributed by atoms with E-state index in [0.29, 0.717) is 6.42 Å². The van der Waals surface area contributed by atoms with Crippen LogP contribution in [0.4, 0.5) is 0 Å². The van der Waals surface area contributed by atoms with Gasteiger partial charge < -0.3 is 0 Å². The van der Waals surface area contributed by atoms with Crippen molar-refractivity contribution in [3.63, 3.8) is 0 Å². The van der Waals surface area contributed by atoms with Crippen LogP contribution in [0.5, 0.6) is 0 Å². The molecule has 0 aliphatic carbocycles. The van der Waals surface area contributed by atoms with Gasteiger partial charge in [-0.15, -0.1) is 0 Å². The molecule has 0 aliphatic heterocycles. The van der Waals surface area contributed by atoms with Gasteiger partial charge in [-0.2, -0.15) is 9.98 Å². The van der Waals surface area contributed by atoms with E-state index in [4.69, 9.17) is 0 Å². The van der Waals surface area contributed by atoms with Crippen LogP contribution in [-0.2, 0) is 9.59 Å². The molecule has 0 saturated carbocycles. The molecule has 0 aliphatic rings. The van der Waals surface area contributed by atoms with Gasteiger partial charge in [0.25, 0.3) is 0 Å². The molecule has 4 nitrogen and oxygen atoms in total. The summed E-state index contributed by atoms with van der Waals surface area (Å²) in [5.74, 6) is 0. The van der Waals surface area contributed by atoms with Gasteiger partial charge in [0.2, 0.25) is 12.2 Å². The summed E-state index contributed by atoms with van der Waals surface area (Å²) in [6, 6.07) is 0. The molecule has 0 aromatic carbocycles. The van der Waals surface area contributed by atoms with E-state index in [2.05, 4.69) is 9.98 Å². The molecule has 0 saturated heterocycles. The van der Waals surface area contributed by atoms with Gasteiger partial charge >= 0.3 is 0 Å². The summed E-state index contributed by atoms with van der Waals surface area (Å²) in [7, 11) is 0. The Morgan fingerprint density at radius 1 is 1.05 bits per heavy atom. The summed E-state index contributed by atoms with van der Waals surface area (Å²) < 4.78 is 0. The standard InChI is InChI=1S/C17H24N2O2/c1-6-7-10-15(17(4,5)19-14-21)11-8-9-12-16(2,3)18-13-20/h7-11H,6,12H2,1-5H3/b9-8-,10-7-,15-11+. The van der Waals surface area contributed by atoms with Crippen LogP contribution >= 0.6 is 0 Å². The topological polar surface area (TPSA) is 58.9 Å². The number of carbonyl (C=O) groups excluding carboxylic acids is 2. The van der Waals surface area contributed by atoms with Crippen LogP contribution in [-0.4, -0.2) is 23.2 Å². The summed E-state index contributed by atoms with van der Waals surface area (Å²) in [5, 5.41) is 0. The van der Waals surface area contributed by atoms with Crippen molar-refractivity contribution in [2.75, 3.05) is 0 Å². The molecular formula is C17H24N2O2.